The number of morpholine rings is 1. The molecule has 8 heteroatoms. The zero-order chi connectivity index (χ0) is 18.1. The average molecular weight is 352 g/mol. The highest BCUT2D eigenvalue weighted by Crippen LogP contribution is 2.27. The molecule has 1 amide bonds. The monoisotopic (exact) mass is 352 g/mol. The Labute approximate surface area is 150 Å². The van der Waals surface area contributed by atoms with Gasteiger partial charge in [0.15, 0.2) is 5.65 Å². The molecular weight excluding hydrogens is 332 g/mol. The summed E-state index contributed by atoms with van der Waals surface area (Å²) in [5.74, 6) is 0.469. The van der Waals surface area contributed by atoms with Crippen LogP contribution in [0.25, 0.3) is 5.65 Å². The molecule has 4 rings (SSSR count). The van der Waals surface area contributed by atoms with E-state index in [4.69, 9.17) is 10.5 Å². The van der Waals surface area contributed by atoms with Crippen molar-refractivity contribution >= 4 is 28.7 Å². The Bertz CT molecular complexity index is 944. The number of nitrogens with one attached hydrogen (secondary N) is 1. The molecule has 0 saturated carbocycles. The predicted molar refractivity (Wildman–Crippen MR) is 98.6 cm³/mol. The van der Waals surface area contributed by atoms with Gasteiger partial charge in [0.1, 0.15) is 5.82 Å². The average Bonchev–Trinajstić information content (AvgIpc) is 3.14. The highest BCUT2D eigenvalue weighted by atomic mass is 16.5. The minimum atomic E-state index is 0.0276. The lowest BCUT2D eigenvalue weighted by molar-refractivity contribution is 0.0303. The molecule has 0 aliphatic carbocycles. The van der Waals surface area contributed by atoms with Gasteiger partial charge in [-0.05, 0) is 31.2 Å². The van der Waals surface area contributed by atoms with E-state index in [-0.39, 0.29) is 5.91 Å². The van der Waals surface area contributed by atoms with Crippen LogP contribution in [0.5, 0.6) is 0 Å². The van der Waals surface area contributed by atoms with Crippen LogP contribution in [0.3, 0.4) is 0 Å². The second kappa shape index (κ2) is 6.64. The number of ether oxygens (including phenoxy) is 1. The summed E-state index contributed by atoms with van der Waals surface area (Å²) in [4.78, 5) is 18.7. The number of fused-ring (bicyclic) bond motifs is 1. The van der Waals surface area contributed by atoms with Gasteiger partial charge in [-0.2, -0.15) is 0 Å². The normalized spacial score (nSPS) is 14.6. The van der Waals surface area contributed by atoms with Gasteiger partial charge >= 0.3 is 0 Å². The fourth-order valence-electron chi connectivity index (χ4n) is 2.98. The van der Waals surface area contributed by atoms with Gasteiger partial charge in [-0.3, -0.25) is 4.79 Å². The molecule has 0 atom stereocenters. The predicted octanol–water partition coefficient (Wildman–Crippen LogP) is 1.84. The SMILES string of the molecule is Cc1c(N)nn2ccnc2c1Nc1ccc(C(=O)N2CCOCC2)cc1. The van der Waals surface area contributed by atoms with Crippen LogP contribution in [-0.2, 0) is 4.74 Å². The van der Waals surface area contributed by atoms with Crippen LogP contribution in [0.1, 0.15) is 15.9 Å². The van der Waals surface area contributed by atoms with Crippen LogP contribution >= 0.6 is 0 Å². The van der Waals surface area contributed by atoms with Crippen LogP contribution in [-0.4, -0.2) is 51.7 Å². The molecule has 134 valence electrons. The van der Waals surface area contributed by atoms with E-state index in [9.17, 15) is 4.79 Å². The molecule has 26 heavy (non-hydrogen) atoms. The number of nitrogens with two attached hydrogens (primary N) is 1. The summed E-state index contributed by atoms with van der Waals surface area (Å²) in [7, 11) is 0. The first kappa shape index (κ1) is 16.3. The lowest BCUT2D eigenvalue weighted by Crippen LogP contribution is -2.40. The number of imidazole rings is 1. The van der Waals surface area contributed by atoms with Crippen LogP contribution in [0.2, 0.25) is 0 Å². The Morgan fingerprint density at radius 1 is 1.23 bits per heavy atom. The van der Waals surface area contributed by atoms with E-state index in [1.807, 2.05) is 36.1 Å². The number of nitrogens with zero attached hydrogens (tertiary/aromatic N) is 4. The summed E-state index contributed by atoms with van der Waals surface area (Å²) in [6.07, 6.45) is 3.43. The molecule has 3 aromatic rings. The second-order valence-corrected chi connectivity index (χ2v) is 6.19. The highest BCUT2D eigenvalue weighted by Gasteiger charge is 2.18. The number of carbonyl (C=O) groups excluding carboxylic acids is 1. The topological polar surface area (TPSA) is 97.8 Å². The first-order chi connectivity index (χ1) is 12.6. The van der Waals surface area contributed by atoms with E-state index in [1.54, 1.807) is 16.9 Å². The maximum absolute atomic E-state index is 12.5. The summed E-state index contributed by atoms with van der Waals surface area (Å²) < 4.78 is 6.93. The first-order valence-electron chi connectivity index (χ1n) is 8.47. The van der Waals surface area contributed by atoms with Gasteiger partial charge in [-0.1, -0.05) is 0 Å². The maximum Gasteiger partial charge on any atom is 0.254 e. The lowest BCUT2D eigenvalue weighted by Gasteiger charge is -2.26. The number of benzene rings is 1. The quantitative estimate of drug-likeness (QED) is 0.746. The van der Waals surface area contributed by atoms with E-state index >= 15 is 0 Å². The van der Waals surface area contributed by atoms with Crippen LogP contribution in [0.4, 0.5) is 17.2 Å². The first-order valence-corrected chi connectivity index (χ1v) is 8.47. The number of aromatic nitrogens is 3. The fourth-order valence-corrected chi connectivity index (χ4v) is 2.98. The van der Waals surface area contributed by atoms with Crippen molar-refractivity contribution in [3.8, 4) is 0 Å². The minimum Gasteiger partial charge on any atom is -0.382 e. The summed E-state index contributed by atoms with van der Waals surface area (Å²) in [6.45, 7) is 4.34. The largest absolute Gasteiger partial charge is 0.382 e. The second-order valence-electron chi connectivity index (χ2n) is 6.19. The Hall–Kier alpha value is -3.13. The summed E-state index contributed by atoms with van der Waals surface area (Å²) in [6, 6.07) is 7.40. The number of carbonyl (C=O) groups is 1. The standard InChI is InChI=1S/C18H20N6O2/c1-12-15(17-20-6-7-24(17)22-16(12)19)21-14-4-2-13(3-5-14)18(25)23-8-10-26-11-9-23/h2-7,21H,8-11H2,1H3,(H2,19,22). The lowest BCUT2D eigenvalue weighted by atomic mass is 10.1. The Balaban J connectivity index is 1.57. The van der Waals surface area contributed by atoms with E-state index in [0.29, 0.717) is 43.3 Å². The van der Waals surface area contributed by atoms with Gasteiger partial charge in [0.25, 0.3) is 5.91 Å². The maximum atomic E-state index is 12.5. The highest BCUT2D eigenvalue weighted by molar-refractivity contribution is 5.94. The van der Waals surface area contributed by atoms with Crippen molar-refractivity contribution in [1.29, 1.82) is 0 Å². The van der Waals surface area contributed by atoms with Gasteiger partial charge in [-0.25, -0.2) is 9.50 Å². The van der Waals surface area contributed by atoms with Crippen molar-refractivity contribution in [3.63, 3.8) is 0 Å². The third kappa shape index (κ3) is 2.95. The van der Waals surface area contributed by atoms with Crippen molar-refractivity contribution in [2.45, 2.75) is 6.92 Å². The van der Waals surface area contributed by atoms with Crippen LogP contribution < -0.4 is 11.1 Å². The van der Waals surface area contributed by atoms with E-state index in [1.165, 1.54) is 0 Å². The minimum absolute atomic E-state index is 0.0276. The van der Waals surface area contributed by atoms with Gasteiger partial charge in [0.2, 0.25) is 0 Å². The molecule has 0 unspecified atom stereocenters. The molecule has 2 aromatic heterocycles. The Morgan fingerprint density at radius 3 is 2.69 bits per heavy atom. The van der Waals surface area contributed by atoms with Crippen LogP contribution in [0.15, 0.2) is 36.7 Å². The third-order valence-electron chi connectivity index (χ3n) is 4.52. The molecule has 0 spiro atoms. The van der Waals surface area contributed by atoms with Crippen molar-refractivity contribution < 1.29 is 9.53 Å². The molecule has 1 aliphatic heterocycles. The summed E-state index contributed by atoms with van der Waals surface area (Å²) >= 11 is 0. The number of hydrogen-bond donors (Lipinski definition) is 2. The summed E-state index contributed by atoms with van der Waals surface area (Å²) in [5.41, 5.74) is 9.83. The van der Waals surface area contributed by atoms with E-state index < -0.39 is 0 Å². The fraction of sp³-hybridized carbons (Fsp3) is 0.278. The smallest absolute Gasteiger partial charge is 0.254 e. The molecule has 1 aliphatic rings. The summed E-state index contributed by atoms with van der Waals surface area (Å²) in [5, 5.41) is 7.60. The van der Waals surface area contributed by atoms with Gasteiger partial charge in [-0.15, -0.1) is 5.10 Å². The molecule has 1 saturated heterocycles. The third-order valence-corrected chi connectivity index (χ3v) is 4.52. The molecule has 1 fully saturated rings. The molecular formula is C18H20N6O2. The number of nitrogen functional groups attached to an aromatic ring is 1. The molecule has 3 heterocycles. The van der Waals surface area contributed by atoms with Crippen molar-refractivity contribution in [3.05, 3.63) is 47.8 Å². The van der Waals surface area contributed by atoms with Gasteiger partial charge in [0.05, 0.1) is 18.9 Å². The zero-order valence-corrected chi connectivity index (χ0v) is 14.5. The Kier molecular flexibility index (Phi) is 4.18. The molecule has 8 nitrogen and oxygen atoms in total. The van der Waals surface area contributed by atoms with E-state index in [2.05, 4.69) is 15.4 Å². The number of rotatable bonds is 3. The number of hydrogen-bond acceptors (Lipinski definition) is 6. The molecule has 0 radical (unpaired) electrons. The molecule has 3 N–H and O–H groups in total. The van der Waals surface area contributed by atoms with Gasteiger partial charge < -0.3 is 20.7 Å². The number of amides is 1. The molecule has 0 bridgehead atoms. The van der Waals surface area contributed by atoms with E-state index in [0.717, 1.165) is 16.9 Å². The number of anilines is 3. The van der Waals surface area contributed by atoms with Gasteiger partial charge in [0, 0.05) is 42.3 Å². The van der Waals surface area contributed by atoms with Crippen molar-refractivity contribution in [2.75, 3.05) is 37.4 Å². The molecule has 1 aromatic carbocycles. The van der Waals surface area contributed by atoms with Crippen molar-refractivity contribution in [1.82, 2.24) is 19.5 Å². The van der Waals surface area contributed by atoms with Crippen molar-refractivity contribution in [2.24, 2.45) is 0 Å². The zero-order valence-electron chi connectivity index (χ0n) is 14.5. The van der Waals surface area contributed by atoms with Crippen LogP contribution in [0, 0.1) is 6.92 Å². The Morgan fingerprint density at radius 2 is 1.96 bits per heavy atom.